The molecule has 0 saturated carbocycles. The molecule has 0 unspecified atom stereocenters. The number of fused-ring (bicyclic) bond motifs is 1. The van der Waals surface area contributed by atoms with Crippen molar-refractivity contribution in [3.05, 3.63) is 46.0 Å². The second kappa shape index (κ2) is 4.01. The van der Waals surface area contributed by atoms with Crippen molar-refractivity contribution in [2.45, 2.75) is 13.5 Å². The van der Waals surface area contributed by atoms with Crippen molar-refractivity contribution in [2.75, 3.05) is 0 Å². The Labute approximate surface area is 95.9 Å². The number of pyridine rings is 1. The minimum Gasteiger partial charge on any atom is -0.477 e. The number of benzene rings is 1. The molecule has 0 aliphatic carbocycles. The molecular formula is C12H10FNO3. The molecule has 17 heavy (non-hydrogen) atoms. The Morgan fingerprint density at radius 2 is 2.06 bits per heavy atom. The van der Waals surface area contributed by atoms with Gasteiger partial charge >= 0.3 is 5.97 Å². The van der Waals surface area contributed by atoms with E-state index in [2.05, 4.69) is 0 Å². The number of aryl methyl sites for hydroxylation is 1. The van der Waals surface area contributed by atoms with Crippen molar-refractivity contribution in [3.8, 4) is 0 Å². The Kier molecular flexibility index (Phi) is 2.67. The minimum absolute atomic E-state index is 0.216. The number of rotatable bonds is 2. The fourth-order valence-electron chi connectivity index (χ4n) is 1.86. The first-order chi connectivity index (χ1) is 8.07. The van der Waals surface area contributed by atoms with Crippen LogP contribution in [0.15, 0.2) is 29.1 Å². The van der Waals surface area contributed by atoms with Gasteiger partial charge in [0.05, 0.1) is 5.52 Å². The summed E-state index contributed by atoms with van der Waals surface area (Å²) in [5.74, 6) is -2.54. The Bertz CT molecular complexity index is 661. The summed E-state index contributed by atoms with van der Waals surface area (Å²) < 4.78 is 15.1. The largest absolute Gasteiger partial charge is 0.477 e. The maximum atomic E-state index is 13.9. The summed E-state index contributed by atoms with van der Waals surface area (Å²) in [5, 5.41) is 9.09. The average Bonchev–Trinajstić information content (AvgIpc) is 2.29. The number of aromatic nitrogens is 1. The molecule has 0 spiro atoms. The summed E-state index contributed by atoms with van der Waals surface area (Å²) in [6.45, 7) is 1.94. The predicted octanol–water partition coefficient (Wildman–Crippen LogP) is 1.86. The Balaban J connectivity index is 3.05. The van der Waals surface area contributed by atoms with Crippen LogP contribution in [0.25, 0.3) is 10.9 Å². The van der Waals surface area contributed by atoms with Gasteiger partial charge in [-0.1, -0.05) is 12.1 Å². The SMILES string of the molecule is CCn1c(F)c(C(=O)O)c(=O)c2ccccc21. The normalized spacial score (nSPS) is 10.7. The summed E-state index contributed by atoms with van der Waals surface area (Å²) in [7, 11) is 0. The maximum Gasteiger partial charge on any atom is 0.344 e. The van der Waals surface area contributed by atoms with Gasteiger partial charge in [-0.15, -0.1) is 0 Å². The molecule has 88 valence electrons. The van der Waals surface area contributed by atoms with Gasteiger partial charge in [0, 0.05) is 11.9 Å². The first-order valence-corrected chi connectivity index (χ1v) is 5.12. The van der Waals surface area contributed by atoms with Crippen LogP contribution in [-0.2, 0) is 6.54 Å². The number of carboxylic acids is 1. The molecule has 0 aliphatic rings. The summed E-state index contributed by atoms with van der Waals surface area (Å²) in [4.78, 5) is 22.7. The predicted molar refractivity (Wildman–Crippen MR) is 60.8 cm³/mol. The maximum absolute atomic E-state index is 13.9. The van der Waals surface area contributed by atoms with Crippen molar-refractivity contribution in [1.29, 1.82) is 0 Å². The van der Waals surface area contributed by atoms with Crippen LogP contribution in [-0.4, -0.2) is 15.6 Å². The van der Waals surface area contributed by atoms with E-state index in [1.54, 1.807) is 25.1 Å². The van der Waals surface area contributed by atoms with Crippen LogP contribution in [0.1, 0.15) is 17.3 Å². The Morgan fingerprint density at radius 1 is 1.41 bits per heavy atom. The summed E-state index contributed by atoms with van der Waals surface area (Å²) in [5.41, 5.74) is -1.18. The molecule has 0 radical (unpaired) electrons. The molecule has 1 aromatic carbocycles. The third kappa shape index (κ3) is 1.60. The number of nitrogens with zero attached hydrogens (tertiary/aromatic N) is 1. The van der Waals surface area contributed by atoms with Gasteiger partial charge in [0.15, 0.2) is 5.56 Å². The van der Waals surface area contributed by atoms with Crippen LogP contribution in [0, 0.1) is 5.95 Å². The van der Waals surface area contributed by atoms with E-state index < -0.39 is 22.9 Å². The van der Waals surface area contributed by atoms with Gasteiger partial charge < -0.3 is 9.67 Å². The molecule has 1 heterocycles. The van der Waals surface area contributed by atoms with Gasteiger partial charge in [0.2, 0.25) is 11.4 Å². The molecule has 1 N–H and O–H groups in total. The van der Waals surface area contributed by atoms with Crippen molar-refractivity contribution in [2.24, 2.45) is 0 Å². The fourth-order valence-corrected chi connectivity index (χ4v) is 1.86. The molecule has 2 rings (SSSR count). The molecule has 0 saturated heterocycles. The van der Waals surface area contributed by atoms with Gasteiger partial charge in [-0.05, 0) is 19.1 Å². The molecule has 0 amide bonds. The lowest BCUT2D eigenvalue weighted by Crippen LogP contribution is -2.23. The zero-order valence-corrected chi connectivity index (χ0v) is 9.11. The highest BCUT2D eigenvalue weighted by Crippen LogP contribution is 2.15. The molecule has 0 atom stereocenters. The molecule has 0 fully saturated rings. The van der Waals surface area contributed by atoms with Crippen LogP contribution in [0.5, 0.6) is 0 Å². The number of carbonyl (C=O) groups is 1. The number of hydrogen-bond acceptors (Lipinski definition) is 2. The van der Waals surface area contributed by atoms with Crippen LogP contribution in [0.3, 0.4) is 0 Å². The second-order valence-electron chi connectivity index (χ2n) is 3.56. The third-order valence-electron chi connectivity index (χ3n) is 2.64. The van der Waals surface area contributed by atoms with Crippen LogP contribution >= 0.6 is 0 Å². The molecular weight excluding hydrogens is 225 g/mol. The van der Waals surface area contributed by atoms with E-state index in [1.165, 1.54) is 10.6 Å². The quantitative estimate of drug-likeness (QED) is 0.808. The zero-order valence-electron chi connectivity index (χ0n) is 9.11. The van der Waals surface area contributed by atoms with E-state index in [1.807, 2.05) is 0 Å². The lowest BCUT2D eigenvalue weighted by atomic mass is 10.1. The molecule has 1 aromatic heterocycles. The average molecular weight is 235 g/mol. The van der Waals surface area contributed by atoms with Gasteiger partial charge in [0.1, 0.15) is 0 Å². The Morgan fingerprint density at radius 3 is 2.65 bits per heavy atom. The van der Waals surface area contributed by atoms with Crippen LogP contribution in [0.4, 0.5) is 4.39 Å². The standard InChI is InChI=1S/C12H10FNO3/c1-2-14-8-6-4-3-5-7(8)10(15)9(11(14)13)12(16)17/h3-6H,2H2,1H3,(H,16,17). The van der Waals surface area contributed by atoms with E-state index in [4.69, 9.17) is 5.11 Å². The molecule has 5 heteroatoms. The Hall–Kier alpha value is -2.17. The smallest absolute Gasteiger partial charge is 0.344 e. The molecule has 0 bridgehead atoms. The first kappa shape index (κ1) is 11.3. The second-order valence-corrected chi connectivity index (χ2v) is 3.56. The zero-order chi connectivity index (χ0) is 12.6. The monoisotopic (exact) mass is 235 g/mol. The van der Waals surface area contributed by atoms with E-state index in [-0.39, 0.29) is 11.9 Å². The van der Waals surface area contributed by atoms with Gasteiger partial charge in [-0.2, -0.15) is 4.39 Å². The van der Waals surface area contributed by atoms with Gasteiger partial charge in [-0.3, -0.25) is 4.79 Å². The van der Waals surface area contributed by atoms with E-state index in [0.29, 0.717) is 5.52 Å². The van der Waals surface area contributed by atoms with E-state index in [0.717, 1.165) is 0 Å². The fraction of sp³-hybridized carbons (Fsp3) is 0.167. The summed E-state index contributed by atoms with van der Waals surface area (Å²) >= 11 is 0. The van der Waals surface area contributed by atoms with Crippen molar-refractivity contribution in [3.63, 3.8) is 0 Å². The summed E-state index contributed by atoms with van der Waals surface area (Å²) in [6.07, 6.45) is 0. The van der Waals surface area contributed by atoms with Crippen molar-refractivity contribution < 1.29 is 14.3 Å². The van der Waals surface area contributed by atoms with Crippen LogP contribution in [0.2, 0.25) is 0 Å². The summed E-state index contributed by atoms with van der Waals surface area (Å²) in [6, 6.07) is 6.38. The van der Waals surface area contributed by atoms with E-state index >= 15 is 0 Å². The molecule has 4 nitrogen and oxygen atoms in total. The lowest BCUT2D eigenvalue weighted by Gasteiger charge is -2.11. The molecule has 2 aromatic rings. The number of para-hydroxylation sites is 1. The number of aromatic carboxylic acids is 1. The van der Waals surface area contributed by atoms with Crippen LogP contribution < -0.4 is 5.43 Å². The number of carboxylic acid groups (broad SMARTS) is 1. The van der Waals surface area contributed by atoms with Gasteiger partial charge in [0.25, 0.3) is 0 Å². The highest BCUT2D eigenvalue weighted by molar-refractivity contribution is 5.92. The minimum atomic E-state index is -1.54. The van der Waals surface area contributed by atoms with E-state index in [9.17, 15) is 14.0 Å². The highest BCUT2D eigenvalue weighted by Gasteiger charge is 2.21. The van der Waals surface area contributed by atoms with Crippen molar-refractivity contribution in [1.82, 2.24) is 4.57 Å². The lowest BCUT2D eigenvalue weighted by molar-refractivity contribution is 0.0688. The molecule has 0 aliphatic heterocycles. The van der Waals surface area contributed by atoms with Gasteiger partial charge in [-0.25, -0.2) is 4.79 Å². The topological polar surface area (TPSA) is 59.3 Å². The number of hydrogen-bond donors (Lipinski definition) is 1. The van der Waals surface area contributed by atoms with Crippen molar-refractivity contribution >= 4 is 16.9 Å². The first-order valence-electron chi connectivity index (χ1n) is 5.12. The third-order valence-corrected chi connectivity index (χ3v) is 2.64. The highest BCUT2D eigenvalue weighted by atomic mass is 19.1. The number of halogens is 1.